The molecule has 0 spiro atoms. The average Bonchev–Trinajstić information content (AvgIpc) is 3.45. The molecule has 0 saturated carbocycles. The van der Waals surface area contributed by atoms with Gasteiger partial charge in [0.15, 0.2) is 5.82 Å². The van der Waals surface area contributed by atoms with Crippen molar-refractivity contribution in [1.29, 1.82) is 0 Å². The van der Waals surface area contributed by atoms with Crippen LogP contribution in [-0.2, 0) is 13.0 Å². The summed E-state index contributed by atoms with van der Waals surface area (Å²) in [5.74, 6) is 0.648. The highest BCUT2D eigenvalue weighted by atomic mass is 16.1. The number of hydrogen-bond donors (Lipinski definition) is 1. The molecule has 0 amide bonds. The Hall–Kier alpha value is -4.26. The van der Waals surface area contributed by atoms with Crippen LogP contribution < -0.4 is 10.5 Å². The zero-order chi connectivity index (χ0) is 23.9. The maximum atomic E-state index is 13.6. The fraction of sp³-hybridized carbons (Fsp3) is 0.214. The van der Waals surface area contributed by atoms with Gasteiger partial charge in [-0.3, -0.25) is 4.79 Å². The van der Waals surface area contributed by atoms with E-state index >= 15 is 0 Å². The number of H-pyrrole nitrogens is 1. The van der Waals surface area contributed by atoms with E-state index in [0.29, 0.717) is 17.9 Å². The molecule has 0 bridgehead atoms. The predicted octanol–water partition coefficient (Wildman–Crippen LogP) is 4.41. The second kappa shape index (κ2) is 8.51. The van der Waals surface area contributed by atoms with Crippen molar-refractivity contribution in [2.24, 2.45) is 0 Å². The molecular weight excluding hydrogens is 436 g/mol. The number of aryl methyl sites for hydroxylation is 1. The largest absolute Gasteiger partial charge is 0.354 e. The number of tetrazole rings is 1. The van der Waals surface area contributed by atoms with Crippen molar-refractivity contribution >= 4 is 16.6 Å². The third-order valence-corrected chi connectivity index (χ3v) is 6.93. The molecule has 0 aliphatic carbocycles. The summed E-state index contributed by atoms with van der Waals surface area (Å²) >= 11 is 0. The Balaban J connectivity index is 1.56. The fourth-order valence-electron chi connectivity index (χ4n) is 5.28. The molecule has 1 aliphatic rings. The second-order valence-corrected chi connectivity index (χ2v) is 9.26. The van der Waals surface area contributed by atoms with Gasteiger partial charge in [-0.25, -0.2) is 4.68 Å². The summed E-state index contributed by atoms with van der Waals surface area (Å²) in [6, 6.07) is 26.3. The minimum absolute atomic E-state index is 0.123. The average molecular weight is 463 g/mol. The van der Waals surface area contributed by atoms with Gasteiger partial charge in [-0.05, 0) is 64.9 Å². The van der Waals surface area contributed by atoms with E-state index < -0.39 is 6.04 Å². The lowest BCUT2D eigenvalue weighted by Gasteiger charge is -2.33. The summed E-state index contributed by atoms with van der Waals surface area (Å²) in [5, 5.41) is 13.9. The molecule has 0 unspecified atom stereocenters. The fourth-order valence-corrected chi connectivity index (χ4v) is 5.28. The molecule has 0 radical (unpaired) electrons. The molecule has 5 aromatic rings. The van der Waals surface area contributed by atoms with Crippen molar-refractivity contribution in [2.45, 2.75) is 38.9 Å². The third kappa shape index (κ3) is 3.69. The molecule has 6 rings (SSSR count). The maximum absolute atomic E-state index is 13.6. The van der Waals surface area contributed by atoms with Crippen molar-refractivity contribution in [3.05, 3.63) is 117 Å². The monoisotopic (exact) mass is 462 g/mol. The SMILES string of the molecule is Cc1cccc2cc([C@@H](c3nnnn3Cc3ccccc3)N3c4ccccc4C[C@H]3C)c(=O)[nH]c12. The Bertz CT molecular complexity index is 1570. The Morgan fingerprint density at radius 2 is 1.83 bits per heavy atom. The first-order valence-corrected chi connectivity index (χ1v) is 11.9. The van der Waals surface area contributed by atoms with Crippen LogP contribution in [0.3, 0.4) is 0 Å². The molecule has 2 atom stereocenters. The van der Waals surface area contributed by atoms with Gasteiger partial charge in [0, 0.05) is 17.3 Å². The molecule has 174 valence electrons. The summed E-state index contributed by atoms with van der Waals surface area (Å²) in [5.41, 5.74) is 5.88. The molecule has 1 N–H and O–H groups in total. The number of nitrogens with zero attached hydrogens (tertiary/aromatic N) is 5. The van der Waals surface area contributed by atoms with Crippen molar-refractivity contribution in [3.63, 3.8) is 0 Å². The Labute approximate surface area is 203 Å². The molecular formula is C28H26N6O. The first-order valence-electron chi connectivity index (χ1n) is 11.9. The number of para-hydroxylation sites is 2. The van der Waals surface area contributed by atoms with Gasteiger partial charge in [-0.15, -0.1) is 5.10 Å². The van der Waals surface area contributed by atoms with Gasteiger partial charge < -0.3 is 9.88 Å². The van der Waals surface area contributed by atoms with Crippen LogP contribution >= 0.6 is 0 Å². The van der Waals surface area contributed by atoms with E-state index in [4.69, 9.17) is 0 Å². The zero-order valence-electron chi connectivity index (χ0n) is 19.7. The highest BCUT2D eigenvalue weighted by Gasteiger charge is 2.37. The van der Waals surface area contributed by atoms with E-state index in [2.05, 4.69) is 62.7 Å². The molecule has 3 aromatic carbocycles. The normalized spacial score (nSPS) is 15.9. The van der Waals surface area contributed by atoms with Crippen LogP contribution in [0.1, 0.15) is 41.0 Å². The number of rotatable bonds is 5. The van der Waals surface area contributed by atoms with Crippen molar-refractivity contribution < 1.29 is 0 Å². The van der Waals surface area contributed by atoms with E-state index in [9.17, 15) is 4.79 Å². The highest BCUT2D eigenvalue weighted by Crippen LogP contribution is 2.40. The molecule has 1 aliphatic heterocycles. The Morgan fingerprint density at radius 1 is 1.03 bits per heavy atom. The number of pyridine rings is 1. The first kappa shape index (κ1) is 21.3. The number of benzene rings is 3. The lowest BCUT2D eigenvalue weighted by atomic mass is 10.0. The smallest absolute Gasteiger partial charge is 0.254 e. The highest BCUT2D eigenvalue weighted by molar-refractivity contribution is 5.82. The summed E-state index contributed by atoms with van der Waals surface area (Å²) in [6.07, 6.45) is 0.900. The third-order valence-electron chi connectivity index (χ3n) is 6.93. The Morgan fingerprint density at radius 3 is 2.69 bits per heavy atom. The van der Waals surface area contributed by atoms with Crippen LogP contribution in [0.4, 0.5) is 5.69 Å². The summed E-state index contributed by atoms with van der Waals surface area (Å²) in [4.78, 5) is 19.0. The first-order chi connectivity index (χ1) is 17.1. The second-order valence-electron chi connectivity index (χ2n) is 9.26. The zero-order valence-corrected chi connectivity index (χ0v) is 19.7. The van der Waals surface area contributed by atoms with Gasteiger partial charge >= 0.3 is 0 Å². The van der Waals surface area contributed by atoms with Gasteiger partial charge in [-0.2, -0.15) is 0 Å². The Kier molecular flexibility index (Phi) is 5.17. The molecule has 2 aromatic heterocycles. The number of anilines is 1. The van der Waals surface area contributed by atoms with E-state index in [0.717, 1.165) is 34.1 Å². The lowest BCUT2D eigenvalue weighted by Crippen LogP contribution is -2.39. The number of aromatic nitrogens is 5. The quantitative estimate of drug-likeness (QED) is 0.419. The predicted molar refractivity (Wildman–Crippen MR) is 137 cm³/mol. The van der Waals surface area contributed by atoms with E-state index in [-0.39, 0.29) is 11.6 Å². The topological polar surface area (TPSA) is 79.7 Å². The molecule has 7 nitrogen and oxygen atoms in total. The van der Waals surface area contributed by atoms with Crippen LogP contribution in [0.2, 0.25) is 0 Å². The summed E-state index contributed by atoms with van der Waals surface area (Å²) in [6.45, 7) is 4.72. The van der Waals surface area contributed by atoms with Crippen LogP contribution in [0.15, 0.2) is 83.7 Å². The van der Waals surface area contributed by atoms with Crippen LogP contribution in [0, 0.1) is 6.92 Å². The van der Waals surface area contributed by atoms with E-state index in [1.807, 2.05) is 60.1 Å². The van der Waals surface area contributed by atoms with Crippen molar-refractivity contribution in [1.82, 2.24) is 25.2 Å². The van der Waals surface area contributed by atoms with Gasteiger partial charge in [-0.1, -0.05) is 66.7 Å². The van der Waals surface area contributed by atoms with Crippen LogP contribution in [0.5, 0.6) is 0 Å². The molecule has 35 heavy (non-hydrogen) atoms. The lowest BCUT2D eigenvalue weighted by molar-refractivity contribution is 0.544. The minimum atomic E-state index is -0.443. The number of hydrogen-bond acceptors (Lipinski definition) is 5. The van der Waals surface area contributed by atoms with E-state index in [1.54, 1.807) is 0 Å². The molecule has 3 heterocycles. The van der Waals surface area contributed by atoms with Crippen LogP contribution in [0.25, 0.3) is 10.9 Å². The van der Waals surface area contributed by atoms with E-state index in [1.165, 1.54) is 5.56 Å². The standard InChI is InChI=1S/C28H26N6O/c1-18-9-8-13-22-16-23(28(35)29-25(18)22)26(34-19(2)15-21-12-6-7-14-24(21)34)27-30-31-32-33(27)17-20-10-4-3-5-11-20/h3-14,16,19,26H,15,17H2,1-2H3,(H,29,35)/t19-,26+/m1/s1. The van der Waals surface area contributed by atoms with Gasteiger partial charge in [0.2, 0.25) is 0 Å². The van der Waals surface area contributed by atoms with Gasteiger partial charge in [0.05, 0.1) is 12.1 Å². The van der Waals surface area contributed by atoms with Crippen LogP contribution in [-0.4, -0.2) is 31.2 Å². The number of fused-ring (bicyclic) bond motifs is 2. The summed E-state index contributed by atoms with van der Waals surface area (Å²) in [7, 11) is 0. The van der Waals surface area contributed by atoms with Crippen molar-refractivity contribution in [2.75, 3.05) is 4.90 Å². The molecule has 7 heteroatoms. The number of aromatic amines is 1. The van der Waals surface area contributed by atoms with Gasteiger partial charge in [0.25, 0.3) is 5.56 Å². The molecule has 0 saturated heterocycles. The minimum Gasteiger partial charge on any atom is -0.354 e. The molecule has 0 fully saturated rings. The van der Waals surface area contributed by atoms with Gasteiger partial charge in [0.1, 0.15) is 6.04 Å². The maximum Gasteiger partial charge on any atom is 0.254 e. The van der Waals surface area contributed by atoms with Crippen molar-refractivity contribution in [3.8, 4) is 0 Å². The summed E-state index contributed by atoms with van der Waals surface area (Å²) < 4.78 is 1.81. The number of nitrogens with one attached hydrogen (secondary N) is 1.